The molecule has 100 valence electrons. The molecule has 0 spiro atoms. The summed E-state index contributed by atoms with van der Waals surface area (Å²) in [5.41, 5.74) is 1.10. The Bertz CT molecular complexity index is 416. The number of carbonyl (C=O) groups excluding carboxylic acids is 1. The second-order valence-corrected chi connectivity index (χ2v) is 6.20. The van der Waals surface area contributed by atoms with Crippen LogP contribution in [0.2, 0.25) is 0 Å². The van der Waals surface area contributed by atoms with Crippen molar-refractivity contribution in [2.45, 2.75) is 38.4 Å². The van der Waals surface area contributed by atoms with Gasteiger partial charge in [0, 0.05) is 6.54 Å². The molecular weight excluding hydrogens is 254 g/mol. The molecule has 6 nitrogen and oxygen atoms in total. The van der Waals surface area contributed by atoms with Gasteiger partial charge in [0.25, 0.3) is 0 Å². The maximum atomic E-state index is 11.9. The van der Waals surface area contributed by atoms with Crippen LogP contribution in [0, 0.1) is 0 Å². The van der Waals surface area contributed by atoms with Crippen molar-refractivity contribution >= 4 is 17.4 Å². The molecule has 0 saturated carbocycles. The Kier molecular flexibility index (Phi) is 3.54. The number of ether oxygens (including phenoxy) is 1. The normalized spacial score (nSPS) is 24.3. The van der Waals surface area contributed by atoms with E-state index in [2.05, 4.69) is 10.2 Å². The monoisotopic (exact) mass is 271 g/mol. The predicted molar refractivity (Wildman–Crippen MR) is 66.5 cm³/mol. The van der Waals surface area contributed by atoms with Gasteiger partial charge < -0.3 is 14.7 Å². The van der Waals surface area contributed by atoms with Crippen LogP contribution in [0.1, 0.15) is 31.7 Å². The second kappa shape index (κ2) is 4.81. The summed E-state index contributed by atoms with van der Waals surface area (Å²) in [4.78, 5) is 13.4. The van der Waals surface area contributed by atoms with E-state index in [0.717, 1.165) is 5.01 Å². The molecule has 1 saturated heterocycles. The van der Waals surface area contributed by atoms with Crippen LogP contribution < -0.4 is 0 Å². The van der Waals surface area contributed by atoms with E-state index in [1.54, 1.807) is 5.51 Å². The lowest BCUT2D eigenvalue weighted by molar-refractivity contribution is 0.0270. The number of carbonyl (C=O) groups is 1. The van der Waals surface area contributed by atoms with Crippen molar-refractivity contribution in [3.05, 3.63) is 10.5 Å². The first-order chi connectivity index (χ1) is 8.37. The Morgan fingerprint density at radius 3 is 2.83 bits per heavy atom. The molecule has 0 bridgehead atoms. The van der Waals surface area contributed by atoms with Crippen molar-refractivity contribution in [2.75, 3.05) is 13.1 Å². The Hall–Kier alpha value is -1.21. The van der Waals surface area contributed by atoms with Crippen LogP contribution in [0.25, 0.3) is 0 Å². The van der Waals surface area contributed by atoms with Gasteiger partial charge in [-0.05, 0) is 20.8 Å². The summed E-state index contributed by atoms with van der Waals surface area (Å²) in [7, 11) is 0. The summed E-state index contributed by atoms with van der Waals surface area (Å²) < 4.78 is 5.28. The first kappa shape index (κ1) is 13.2. The van der Waals surface area contributed by atoms with Gasteiger partial charge in [-0.1, -0.05) is 0 Å². The number of hydrogen-bond acceptors (Lipinski definition) is 6. The predicted octanol–water partition coefficient (Wildman–Crippen LogP) is 1.23. The quantitative estimate of drug-likeness (QED) is 0.831. The Morgan fingerprint density at radius 2 is 2.28 bits per heavy atom. The van der Waals surface area contributed by atoms with Crippen LogP contribution >= 0.6 is 11.3 Å². The molecule has 1 N–H and O–H groups in total. The number of nitrogens with zero attached hydrogens (tertiary/aromatic N) is 3. The topological polar surface area (TPSA) is 75.5 Å². The van der Waals surface area contributed by atoms with Crippen LogP contribution in [-0.2, 0) is 4.74 Å². The molecule has 2 heterocycles. The van der Waals surface area contributed by atoms with Gasteiger partial charge in [0.1, 0.15) is 16.1 Å². The molecule has 2 atom stereocenters. The summed E-state index contributed by atoms with van der Waals surface area (Å²) >= 11 is 1.39. The average molecular weight is 271 g/mol. The molecule has 0 unspecified atom stereocenters. The Balaban J connectivity index is 2.00. The molecule has 1 aromatic heterocycles. The minimum atomic E-state index is -0.606. The summed E-state index contributed by atoms with van der Waals surface area (Å²) in [5, 5.41) is 18.4. The number of aliphatic hydroxyl groups excluding tert-OH is 1. The molecule has 2 rings (SSSR count). The van der Waals surface area contributed by atoms with Crippen molar-refractivity contribution < 1.29 is 14.6 Å². The molecule has 7 heteroatoms. The highest BCUT2D eigenvalue weighted by molar-refractivity contribution is 7.09. The zero-order chi connectivity index (χ0) is 13.3. The minimum absolute atomic E-state index is 0.162. The molecule has 1 aromatic rings. The summed E-state index contributed by atoms with van der Waals surface area (Å²) in [6, 6.07) is 0. The third kappa shape index (κ3) is 2.97. The lowest BCUT2D eigenvalue weighted by Gasteiger charge is -2.24. The maximum absolute atomic E-state index is 11.9. The number of likely N-dealkylation sites (tertiary alicyclic amines) is 1. The van der Waals surface area contributed by atoms with E-state index in [0.29, 0.717) is 6.54 Å². The molecule has 0 radical (unpaired) electrons. The zero-order valence-corrected chi connectivity index (χ0v) is 11.5. The van der Waals surface area contributed by atoms with Crippen molar-refractivity contribution in [1.29, 1.82) is 0 Å². The van der Waals surface area contributed by atoms with E-state index in [1.807, 2.05) is 20.8 Å². The smallest absolute Gasteiger partial charge is 0.410 e. The van der Waals surface area contributed by atoms with Gasteiger partial charge in [0.2, 0.25) is 0 Å². The summed E-state index contributed by atoms with van der Waals surface area (Å²) in [6.07, 6.45) is -1.00. The van der Waals surface area contributed by atoms with Crippen molar-refractivity contribution in [3.63, 3.8) is 0 Å². The van der Waals surface area contributed by atoms with Crippen molar-refractivity contribution in [1.82, 2.24) is 15.1 Å². The average Bonchev–Trinajstić information content (AvgIpc) is 2.82. The lowest BCUT2D eigenvalue weighted by Crippen LogP contribution is -2.35. The van der Waals surface area contributed by atoms with Gasteiger partial charge in [-0.2, -0.15) is 0 Å². The minimum Gasteiger partial charge on any atom is -0.444 e. The molecule has 0 aliphatic carbocycles. The largest absolute Gasteiger partial charge is 0.444 e. The summed E-state index contributed by atoms with van der Waals surface area (Å²) in [6.45, 7) is 6.16. The van der Waals surface area contributed by atoms with Gasteiger partial charge in [-0.15, -0.1) is 21.5 Å². The van der Waals surface area contributed by atoms with Crippen LogP contribution in [0.4, 0.5) is 4.79 Å². The fraction of sp³-hybridized carbons (Fsp3) is 0.727. The Morgan fingerprint density at radius 1 is 1.56 bits per heavy atom. The van der Waals surface area contributed by atoms with E-state index in [1.165, 1.54) is 16.2 Å². The number of β-amino-alcohol motifs (C(OH)–C–C–N with tert-alkyl or cyclic N) is 1. The highest BCUT2D eigenvalue weighted by Crippen LogP contribution is 2.29. The fourth-order valence-electron chi connectivity index (χ4n) is 1.85. The number of hydrogen-bond donors (Lipinski definition) is 1. The molecule has 1 amide bonds. The first-order valence-electron chi connectivity index (χ1n) is 5.79. The van der Waals surface area contributed by atoms with Gasteiger partial charge in [-0.25, -0.2) is 4.79 Å². The standard InChI is InChI=1S/C11H17N3O3S/c1-11(2,3)17-10(16)14-4-7(8(15)5-14)9-13-12-6-18-9/h6-8,15H,4-5H2,1-3H3/t7-,8-/m0/s1. The van der Waals surface area contributed by atoms with Crippen LogP contribution in [-0.4, -0.2) is 51.1 Å². The molecule has 0 aromatic carbocycles. The van der Waals surface area contributed by atoms with Crippen molar-refractivity contribution in [2.24, 2.45) is 0 Å². The third-order valence-electron chi connectivity index (χ3n) is 2.63. The maximum Gasteiger partial charge on any atom is 0.410 e. The highest BCUT2D eigenvalue weighted by atomic mass is 32.1. The van der Waals surface area contributed by atoms with Gasteiger partial charge in [-0.3, -0.25) is 0 Å². The molecule has 1 fully saturated rings. The molecule has 1 aliphatic heterocycles. The first-order valence-corrected chi connectivity index (χ1v) is 6.67. The van der Waals surface area contributed by atoms with Crippen LogP contribution in [0.5, 0.6) is 0 Å². The molecular formula is C11H17N3O3S. The van der Waals surface area contributed by atoms with Gasteiger partial charge in [0.15, 0.2) is 0 Å². The number of amides is 1. The molecule has 18 heavy (non-hydrogen) atoms. The lowest BCUT2D eigenvalue weighted by atomic mass is 10.1. The number of rotatable bonds is 1. The van der Waals surface area contributed by atoms with E-state index < -0.39 is 17.8 Å². The van der Waals surface area contributed by atoms with E-state index >= 15 is 0 Å². The zero-order valence-electron chi connectivity index (χ0n) is 10.7. The number of aliphatic hydroxyl groups is 1. The SMILES string of the molecule is CC(C)(C)OC(=O)N1C[C@H](c2nncs2)[C@@H](O)C1. The second-order valence-electron chi connectivity index (χ2n) is 5.34. The van der Waals surface area contributed by atoms with Crippen LogP contribution in [0.3, 0.4) is 0 Å². The molecule has 1 aliphatic rings. The van der Waals surface area contributed by atoms with Gasteiger partial charge >= 0.3 is 6.09 Å². The fourth-order valence-corrected chi connectivity index (χ4v) is 2.55. The van der Waals surface area contributed by atoms with Crippen LogP contribution in [0.15, 0.2) is 5.51 Å². The third-order valence-corrected chi connectivity index (χ3v) is 3.46. The van der Waals surface area contributed by atoms with E-state index in [4.69, 9.17) is 4.74 Å². The van der Waals surface area contributed by atoms with Gasteiger partial charge in [0.05, 0.1) is 18.6 Å². The number of aromatic nitrogens is 2. The summed E-state index contributed by atoms with van der Waals surface area (Å²) in [5.74, 6) is -0.162. The van der Waals surface area contributed by atoms with E-state index in [9.17, 15) is 9.90 Å². The Labute approximate surface area is 110 Å². The highest BCUT2D eigenvalue weighted by Gasteiger charge is 2.38. The van der Waals surface area contributed by atoms with Crippen molar-refractivity contribution in [3.8, 4) is 0 Å². The van der Waals surface area contributed by atoms with E-state index in [-0.39, 0.29) is 12.5 Å².